The van der Waals surface area contributed by atoms with Crippen LogP contribution in [0, 0.1) is 21.8 Å². The fraction of sp³-hybridized carbons (Fsp3) is 0.538. The van der Waals surface area contributed by atoms with Crippen molar-refractivity contribution in [1.29, 1.82) is 0 Å². The highest BCUT2D eigenvalue weighted by molar-refractivity contribution is 5.44. The number of nitro benzene ring substituents is 1. The van der Waals surface area contributed by atoms with Gasteiger partial charge in [0, 0.05) is 12.1 Å². The second-order valence-electron chi connectivity index (χ2n) is 4.63. The lowest BCUT2D eigenvalue weighted by Gasteiger charge is -2.15. The SMILES string of the molecule is CC1CCCCC1.O=[N+]([O-])c1ccc(F)cc1O. The lowest BCUT2D eigenvalue weighted by molar-refractivity contribution is -0.385. The Kier molecular flexibility index (Phi) is 5.55. The van der Waals surface area contributed by atoms with Gasteiger partial charge in [0.05, 0.1) is 4.92 Å². The van der Waals surface area contributed by atoms with Crippen LogP contribution in [-0.2, 0) is 0 Å². The largest absolute Gasteiger partial charge is 0.502 e. The summed E-state index contributed by atoms with van der Waals surface area (Å²) >= 11 is 0. The summed E-state index contributed by atoms with van der Waals surface area (Å²) in [6, 6.07) is 2.51. The minimum absolute atomic E-state index is 0.494. The zero-order valence-corrected chi connectivity index (χ0v) is 10.4. The van der Waals surface area contributed by atoms with Gasteiger partial charge in [0.2, 0.25) is 0 Å². The smallest absolute Gasteiger partial charge is 0.310 e. The van der Waals surface area contributed by atoms with Gasteiger partial charge in [0.15, 0.2) is 5.75 Å². The highest BCUT2D eigenvalue weighted by atomic mass is 19.1. The molecule has 4 nitrogen and oxygen atoms in total. The van der Waals surface area contributed by atoms with Crippen LogP contribution in [0.15, 0.2) is 18.2 Å². The first-order valence-corrected chi connectivity index (χ1v) is 6.13. The highest BCUT2D eigenvalue weighted by Gasteiger charge is 2.12. The van der Waals surface area contributed by atoms with E-state index in [0.717, 1.165) is 18.1 Å². The Hall–Kier alpha value is -1.65. The Bertz CT molecular complexity index is 403. The maximum absolute atomic E-state index is 12.2. The standard InChI is InChI=1S/C7H14.C6H4FNO3/c1-7-5-3-2-4-6-7;7-4-1-2-5(8(10)11)6(9)3-4/h7H,2-6H2,1H3;1-3,9H. The van der Waals surface area contributed by atoms with Crippen molar-refractivity contribution < 1.29 is 14.4 Å². The number of phenolic OH excluding ortho intramolecular Hbond substituents is 1. The highest BCUT2D eigenvalue weighted by Crippen LogP contribution is 2.25. The Morgan fingerprint density at radius 2 is 1.94 bits per heavy atom. The number of nitrogens with zero attached hydrogens (tertiary/aromatic N) is 1. The van der Waals surface area contributed by atoms with Crippen LogP contribution in [0.5, 0.6) is 5.75 Å². The lowest BCUT2D eigenvalue weighted by Crippen LogP contribution is -1.99. The molecule has 1 aliphatic rings. The average Bonchev–Trinajstić information content (AvgIpc) is 2.30. The summed E-state index contributed by atoms with van der Waals surface area (Å²) in [6.45, 7) is 2.36. The van der Waals surface area contributed by atoms with Crippen molar-refractivity contribution in [3.8, 4) is 5.75 Å². The molecule has 0 bridgehead atoms. The van der Waals surface area contributed by atoms with Crippen LogP contribution in [0.3, 0.4) is 0 Å². The van der Waals surface area contributed by atoms with E-state index in [1.54, 1.807) is 0 Å². The number of hydrogen-bond donors (Lipinski definition) is 1. The van der Waals surface area contributed by atoms with Crippen LogP contribution in [0.1, 0.15) is 39.0 Å². The Morgan fingerprint density at radius 1 is 1.33 bits per heavy atom. The molecule has 5 heteroatoms. The van der Waals surface area contributed by atoms with E-state index < -0.39 is 22.2 Å². The number of aromatic hydroxyl groups is 1. The zero-order valence-electron chi connectivity index (χ0n) is 10.4. The molecular weight excluding hydrogens is 237 g/mol. The van der Waals surface area contributed by atoms with E-state index in [9.17, 15) is 14.5 Å². The van der Waals surface area contributed by atoms with Gasteiger partial charge >= 0.3 is 5.69 Å². The van der Waals surface area contributed by atoms with Gasteiger partial charge in [0.1, 0.15) is 5.82 Å². The minimum atomic E-state index is -0.783. The summed E-state index contributed by atoms with van der Waals surface area (Å²) in [6.07, 6.45) is 7.44. The number of nitro groups is 1. The summed E-state index contributed by atoms with van der Waals surface area (Å²) < 4.78 is 12.2. The molecule has 1 N–H and O–H groups in total. The van der Waals surface area contributed by atoms with Crippen LogP contribution >= 0.6 is 0 Å². The molecule has 1 aromatic carbocycles. The molecule has 0 unspecified atom stereocenters. The van der Waals surface area contributed by atoms with Gasteiger partial charge in [0.25, 0.3) is 0 Å². The molecule has 0 aromatic heterocycles. The lowest BCUT2D eigenvalue weighted by atomic mass is 9.91. The van der Waals surface area contributed by atoms with Crippen molar-refractivity contribution in [2.24, 2.45) is 5.92 Å². The zero-order chi connectivity index (χ0) is 13.5. The molecule has 0 radical (unpaired) electrons. The third-order valence-corrected chi connectivity index (χ3v) is 3.03. The van der Waals surface area contributed by atoms with Crippen LogP contribution in [0.2, 0.25) is 0 Å². The van der Waals surface area contributed by atoms with E-state index in [0.29, 0.717) is 6.07 Å². The van der Waals surface area contributed by atoms with E-state index in [4.69, 9.17) is 5.11 Å². The Morgan fingerprint density at radius 3 is 2.33 bits per heavy atom. The monoisotopic (exact) mass is 255 g/mol. The first-order chi connectivity index (χ1) is 8.50. The van der Waals surface area contributed by atoms with Crippen molar-refractivity contribution in [2.45, 2.75) is 39.0 Å². The third kappa shape index (κ3) is 4.69. The molecule has 2 rings (SSSR count). The predicted octanol–water partition coefficient (Wildman–Crippen LogP) is 4.03. The van der Waals surface area contributed by atoms with Crippen LogP contribution in [-0.4, -0.2) is 10.0 Å². The molecule has 0 spiro atoms. The van der Waals surface area contributed by atoms with Gasteiger partial charge in [-0.3, -0.25) is 10.1 Å². The number of hydrogen-bond acceptors (Lipinski definition) is 3. The van der Waals surface area contributed by atoms with Crippen LogP contribution in [0.25, 0.3) is 0 Å². The molecule has 0 aliphatic heterocycles. The Balaban J connectivity index is 0.000000199. The predicted molar refractivity (Wildman–Crippen MR) is 67.0 cm³/mol. The Labute approximate surface area is 106 Å². The van der Waals surface area contributed by atoms with Crippen molar-refractivity contribution in [1.82, 2.24) is 0 Å². The van der Waals surface area contributed by atoms with Crippen molar-refractivity contribution >= 4 is 5.69 Å². The number of phenols is 1. The van der Waals surface area contributed by atoms with Crippen LogP contribution in [0.4, 0.5) is 10.1 Å². The molecular formula is C13H18FNO3. The average molecular weight is 255 g/mol. The molecule has 0 atom stereocenters. The summed E-state index contributed by atoms with van der Waals surface area (Å²) in [5.41, 5.74) is -0.494. The van der Waals surface area contributed by atoms with Gasteiger partial charge in [-0.1, -0.05) is 39.0 Å². The molecule has 100 valence electrons. The molecule has 1 aliphatic carbocycles. The van der Waals surface area contributed by atoms with E-state index in [2.05, 4.69) is 6.92 Å². The third-order valence-electron chi connectivity index (χ3n) is 3.03. The molecule has 0 saturated heterocycles. The molecule has 1 saturated carbocycles. The van der Waals surface area contributed by atoms with Crippen molar-refractivity contribution in [3.05, 3.63) is 34.1 Å². The van der Waals surface area contributed by atoms with Crippen molar-refractivity contribution in [3.63, 3.8) is 0 Å². The molecule has 1 aromatic rings. The van der Waals surface area contributed by atoms with Crippen LogP contribution < -0.4 is 0 Å². The fourth-order valence-corrected chi connectivity index (χ4v) is 1.96. The maximum Gasteiger partial charge on any atom is 0.310 e. The number of rotatable bonds is 1. The van der Waals surface area contributed by atoms with Gasteiger partial charge in [-0.2, -0.15) is 0 Å². The van der Waals surface area contributed by atoms with Crippen molar-refractivity contribution in [2.75, 3.05) is 0 Å². The summed E-state index contributed by atoms with van der Waals surface area (Å²) in [5.74, 6) is -0.322. The first-order valence-electron chi connectivity index (χ1n) is 6.13. The fourth-order valence-electron chi connectivity index (χ4n) is 1.96. The van der Waals surface area contributed by atoms with E-state index in [1.165, 1.54) is 32.1 Å². The normalized spacial score (nSPS) is 15.7. The molecule has 0 amide bonds. The first kappa shape index (κ1) is 14.4. The topological polar surface area (TPSA) is 63.4 Å². The van der Waals surface area contributed by atoms with E-state index in [1.807, 2.05) is 0 Å². The second-order valence-corrected chi connectivity index (χ2v) is 4.63. The van der Waals surface area contributed by atoms with Gasteiger partial charge in [-0.15, -0.1) is 0 Å². The number of benzene rings is 1. The van der Waals surface area contributed by atoms with E-state index in [-0.39, 0.29) is 0 Å². The number of halogens is 1. The minimum Gasteiger partial charge on any atom is -0.502 e. The second kappa shape index (κ2) is 6.93. The maximum atomic E-state index is 12.2. The molecule has 1 fully saturated rings. The molecule has 0 heterocycles. The summed E-state index contributed by atoms with van der Waals surface area (Å²) in [5, 5.41) is 18.8. The molecule has 18 heavy (non-hydrogen) atoms. The van der Waals surface area contributed by atoms with Gasteiger partial charge < -0.3 is 5.11 Å². The quantitative estimate of drug-likeness (QED) is 0.608. The summed E-state index contributed by atoms with van der Waals surface area (Å²) in [7, 11) is 0. The van der Waals surface area contributed by atoms with Gasteiger partial charge in [-0.25, -0.2) is 4.39 Å². The van der Waals surface area contributed by atoms with E-state index >= 15 is 0 Å². The van der Waals surface area contributed by atoms with Gasteiger partial charge in [-0.05, 0) is 12.0 Å². The summed E-state index contributed by atoms with van der Waals surface area (Å²) in [4.78, 5) is 9.27.